The molecule has 0 unspecified atom stereocenters. The summed E-state index contributed by atoms with van der Waals surface area (Å²) in [5, 5.41) is 8.39. The van der Waals surface area contributed by atoms with Crippen molar-refractivity contribution in [3.63, 3.8) is 0 Å². The van der Waals surface area contributed by atoms with Crippen molar-refractivity contribution in [2.45, 2.75) is 19.6 Å². The van der Waals surface area contributed by atoms with Crippen LogP contribution in [0.2, 0.25) is 0 Å². The lowest BCUT2D eigenvalue weighted by Gasteiger charge is -2.16. The van der Waals surface area contributed by atoms with Gasteiger partial charge in [0.25, 0.3) is 0 Å². The van der Waals surface area contributed by atoms with E-state index in [-0.39, 0.29) is 0 Å². The second-order valence-electron chi connectivity index (χ2n) is 5.22. The van der Waals surface area contributed by atoms with Gasteiger partial charge >= 0.3 is 0 Å². The molecule has 0 radical (unpaired) electrons. The topological polar surface area (TPSA) is 109 Å². The number of hydrogen-bond donors (Lipinski definition) is 3. The molecule has 0 saturated carbocycles. The van der Waals surface area contributed by atoms with Crippen molar-refractivity contribution < 1.29 is 0 Å². The number of nitrogens with zero attached hydrogens (tertiary/aromatic N) is 3. The normalized spacial score (nSPS) is 10.9. The van der Waals surface area contributed by atoms with Gasteiger partial charge in [0.1, 0.15) is 6.33 Å². The van der Waals surface area contributed by atoms with Crippen molar-refractivity contribution in [2.75, 3.05) is 0 Å². The van der Waals surface area contributed by atoms with E-state index in [4.69, 9.17) is 17.2 Å². The highest BCUT2D eigenvalue weighted by molar-refractivity contribution is 5.64. The summed E-state index contributed by atoms with van der Waals surface area (Å²) in [6, 6.07) is 13.9. The van der Waals surface area contributed by atoms with Crippen LogP contribution < -0.4 is 17.2 Å². The Balaban J connectivity index is 2.24. The highest BCUT2D eigenvalue weighted by Gasteiger charge is 2.16. The first kappa shape index (κ1) is 15.4. The van der Waals surface area contributed by atoms with Crippen LogP contribution in [0.5, 0.6) is 0 Å². The van der Waals surface area contributed by atoms with Crippen LogP contribution in [0.15, 0.2) is 48.8 Å². The second kappa shape index (κ2) is 6.70. The lowest BCUT2D eigenvalue weighted by atomic mass is 10.0. The molecule has 0 bridgehead atoms. The first-order chi connectivity index (χ1) is 11.3. The Bertz CT molecular complexity index is 786. The van der Waals surface area contributed by atoms with Crippen LogP contribution in [0, 0.1) is 0 Å². The van der Waals surface area contributed by atoms with Crippen LogP contribution in [0.1, 0.15) is 16.7 Å². The predicted molar refractivity (Wildman–Crippen MR) is 90.5 cm³/mol. The lowest BCUT2D eigenvalue weighted by Crippen LogP contribution is -2.11. The minimum absolute atomic E-state index is 0.416. The maximum absolute atomic E-state index is 5.91. The average Bonchev–Trinajstić information content (AvgIpc) is 3.09. The summed E-state index contributed by atoms with van der Waals surface area (Å²) in [4.78, 5) is 0. The van der Waals surface area contributed by atoms with E-state index in [9.17, 15) is 0 Å². The SMILES string of the molecule is NCc1ccccc1-c1nncn1-c1c(CN)cccc1CN. The third-order valence-electron chi connectivity index (χ3n) is 3.91. The quantitative estimate of drug-likeness (QED) is 0.658. The molecule has 0 aliphatic rings. The second-order valence-corrected chi connectivity index (χ2v) is 5.22. The molecule has 6 heteroatoms. The zero-order valence-corrected chi connectivity index (χ0v) is 12.8. The van der Waals surface area contributed by atoms with Gasteiger partial charge in [-0.3, -0.25) is 4.57 Å². The molecular weight excluding hydrogens is 288 g/mol. The van der Waals surface area contributed by atoms with Crippen LogP contribution in [0.4, 0.5) is 0 Å². The van der Waals surface area contributed by atoms with Crippen LogP contribution >= 0.6 is 0 Å². The molecule has 0 fully saturated rings. The standard InChI is InChI=1S/C17H20N6/c18-8-12-4-1-2-7-15(12)17-22-21-11-23(17)16-13(9-19)5-3-6-14(16)10-20/h1-7,11H,8-10,18-20H2. The van der Waals surface area contributed by atoms with E-state index >= 15 is 0 Å². The summed E-state index contributed by atoms with van der Waals surface area (Å²) in [7, 11) is 0. The lowest BCUT2D eigenvalue weighted by molar-refractivity contribution is 0.938. The van der Waals surface area contributed by atoms with Gasteiger partial charge in [0.15, 0.2) is 5.82 Å². The Kier molecular flexibility index (Phi) is 4.47. The molecule has 118 valence electrons. The van der Waals surface area contributed by atoms with Crippen molar-refractivity contribution >= 4 is 0 Å². The maximum Gasteiger partial charge on any atom is 0.168 e. The molecule has 6 N–H and O–H groups in total. The summed E-state index contributed by atoms with van der Waals surface area (Å²) in [6.07, 6.45) is 1.69. The Labute approximate surface area is 134 Å². The highest BCUT2D eigenvalue weighted by Crippen LogP contribution is 2.27. The largest absolute Gasteiger partial charge is 0.326 e. The smallest absolute Gasteiger partial charge is 0.168 e. The van der Waals surface area contributed by atoms with E-state index in [1.807, 2.05) is 47.0 Å². The van der Waals surface area contributed by atoms with Crippen molar-refractivity contribution in [1.82, 2.24) is 14.8 Å². The van der Waals surface area contributed by atoms with Gasteiger partial charge in [-0.15, -0.1) is 10.2 Å². The molecule has 1 aromatic heterocycles. The van der Waals surface area contributed by atoms with Crippen LogP contribution in [-0.2, 0) is 19.6 Å². The fraction of sp³-hybridized carbons (Fsp3) is 0.176. The summed E-state index contributed by atoms with van der Waals surface area (Å²) in [6.45, 7) is 1.27. The zero-order valence-electron chi connectivity index (χ0n) is 12.8. The van der Waals surface area contributed by atoms with E-state index in [2.05, 4.69) is 10.2 Å². The molecule has 0 atom stereocenters. The van der Waals surface area contributed by atoms with Gasteiger partial charge in [-0.25, -0.2) is 0 Å². The number of aromatic nitrogens is 3. The summed E-state index contributed by atoms with van der Waals surface area (Å²) in [5.74, 6) is 0.738. The molecule has 0 spiro atoms. The van der Waals surface area contributed by atoms with Crippen molar-refractivity contribution in [1.29, 1.82) is 0 Å². The van der Waals surface area contributed by atoms with E-state index < -0.39 is 0 Å². The average molecular weight is 308 g/mol. The van der Waals surface area contributed by atoms with Crippen LogP contribution in [0.3, 0.4) is 0 Å². The third kappa shape index (κ3) is 2.75. The first-order valence-electron chi connectivity index (χ1n) is 7.49. The predicted octanol–water partition coefficient (Wildman–Crippen LogP) is 1.31. The van der Waals surface area contributed by atoms with Gasteiger partial charge in [-0.05, 0) is 16.7 Å². The summed E-state index contributed by atoms with van der Waals surface area (Å²) >= 11 is 0. The summed E-state index contributed by atoms with van der Waals surface area (Å²) in [5.41, 5.74) is 22.6. The molecular formula is C17H20N6. The fourth-order valence-corrected chi connectivity index (χ4v) is 2.78. The third-order valence-corrected chi connectivity index (χ3v) is 3.91. The molecule has 3 aromatic rings. The minimum Gasteiger partial charge on any atom is -0.326 e. The van der Waals surface area contributed by atoms with Gasteiger partial charge in [-0.1, -0.05) is 42.5 Å². The first-order valence-corrected chi connectivity index (χ1v) is 7.49. The molecule has 3 rings (SSSR count). The molecule has 0 aliphatic carbocycles. The van der Waals surface area contributed by atoms with Gasteiger partial charge in [0.2, 0.25) is 0 Å². The van der Waals surface area contributed by atoms with Crippen molar-refractivity contribution in [3.8, 4) is 17.1 Å². The zero-order chi connectivity index (χ0) is 16.2. The Morgan fingerprint density at radius 2 is 1.39 bits per heavy atom. The molecule has 1 heterocycles. The number of nitrogens with two attached hydrogens (primary N) is 3. The van der Waals surface area contributed by atoms with E-state index in [1.165, 1.54) is 0 Å². The highest BCUT2D eigenvalue weighted by atomic mass is 15.3. The van der Waals surface area contributed by atoms with Gasteiger partial charge in [0, 0.05) is 25.2 Å². The minimum atomic E-state index is 0.416. The van der Waals surface area contributed by atoms with Gasteiger partial charge in [-0.2, -0.15) is 0 Å². The van der Waals surface area contributed by atoms with Crippen LogP contribution in [0.25, 0.3) is 17.1 Å². The van der Waals surface area contributed by atoms with Crippen LogP contribution in [-0.4, -0.2) is 14.8 Å². The van der Waals surface area contributed by atoms with Crippen molar-refractivity contribution in [3.05, 3.63) is 65.5 Å². The van der Waals surface area contributed by atoms with E-state index in [0.29, 0.717) is 19.6 Å². The van der Waals surface area contributed by atoms with Gasteiger partial charge in [0.05, 0.1) is 5.69 Å². The summed E-state index contributed by atoms with van der Waals surface area (Å²) < 4.78 is 1.94. The Morgan fingerprint density at radius 1 is 0.783 bits per heavy atom. The number of benzene rings is 2. The number of para-hydroxylation sites is 1. The molecule has 0 aliphatic heterocycles. The Morgan fingerprint density at radius 3 is 2.04 bits per heavy atom. The molecule has 23 heavy (non-hydrogen) atoms. The monoisotopic (exact) mass is 308 g/mol. The van der Waals surface area contributed by atoms with Gasteiger partial charge < -0.3 is 17.2 Å². The van der Waals surface area contributed by atoms with Crippen molar-refractivity contribution in [2.24, 2.45) is 17.2 Å². The van der Waals surface area contributed by atoms with E-state index in [1.54, 1.807) is 6.33 Å². The number of hydrogen-bond acceptors (Lipinski definition) is 5. The van der Waals surface area contributed by atoms with E-state index in [0.717, 1.165) is 33.8 Å². The number of rotatable bonds is 5. The molecule has 0 amide bonds. The maximum atomic E-state index is 5.91. The molecule has 0 saturated heterocycles. The fourth-order valence-electron chi connectivity index (χ4n) is 2.78. The molecule has 6 nitrogen and oxygen atoms in total. The molecule has 2 aromatic carbocycles. The Hall–Kier alpha value is -2.54.